The number of likely N-dealkylation sites (N-methyl/N-ethyl adjacent to an activating group) is 1. The number of Topliss-reactive ketones (excluding diaryl/α,β-unsaturated/α-hetero) is 1. The number of hydrogen-bond acceptors (Lipinski definition) is 7. The summed E-state index contributed by atoms with van der Waals surface area (Å²) in [5.41, 5.74) is 2.58. The van der Waals surface area contributed by atoms with Gasteiger partial charge in [0.2, 0.25) is 0 Å². The molecule has 0 aliphatic carbocycles. The summed E-state index contributed by atoms with van der Waals surface area (Å²) >= 11 is 0. The standard InChI is InChI=1S/C29H29N3O6/c1-19-7-4-5-8-22(19)18-38-24-13-11-20(12-14-24)27(33)25-26(21-9-6-10-23(17-21)32(36)37)31(16-15-30(2)3)29(35)28(25)34/h4-14,17,26,33H,15-16,18H2,1-3H3/b27-25+. The van der Waals surface area contributed by atoms with Gasteiger partial charge in [-0.15, -0.1) is 0 Å². The van der Waals surface area contributed by atoms with Crippen LogP contribution in [0.4, 0.5) is 5.69 Å². The quantitative estimate of drug-likeness (QED) is 0.147. The van der Waals surface area contributed by atoms with Crippen LogP contribution >= 0.6 is 0 Å². The monoisotopic (exact) mass is 515 g/mol. The zero-order valence-corrected chi connectivity index (χ0v) is 21.5. The number of aliphatic hydroxyl groups excluding tert-OH is 1. The molecule has 4 rings (SSSR count). The second-order valence-corrected chi connectivity index (χ2v) is 9.39. The average Bonchev–Trinajstić information content (AvgIpc) is 3.16. The van der Waals surface area contributed by atoms with Crippen molar-refractivity contribution in [3.05, 3.63) is 111 Å². The lowest BCUT2D eigenvalue weighted by Crippen LogP contribution is -2.35. The average molecular weight is 516 g/mol. The summed E-state index contributed by atoms with van der Waals surface area (Å²) in [6.45, 7) is 3.05. The van der Waals surface area contributed by atoms with Crippen LogP contribution in [-0.2, 0) is 16.2 Å². The van der Waals surface area contributed by atoms with Crippen molar-refractivity contribution in [2.45, 2.75) is 19.6 Å². The molecule has 9 heteroatoms. The van der Waals surface area contributed by atoms with Crippen molar-refractivity contribution in [1.82, 2.24) is 9.80 Å². The number of ketones is 1. The van der Waals surface area contributed by atoms with Crippen LogP contribution in [0.25, 0.3) is 5.76 Å². The van der Waals surface area contributed by atoms with Gasteiger partial charge in [-0.05, 0) is 62.0 Å². The number of nitrogens with zero attached hydrogens (tertiary/aromatic N) is 3. The topological polar surface area (TPSA) is 113 Å². The molecule has 9 nitrogen and oxygen atoms in total. The van der Waals surface area contributed by atoms with Crippen LogP contribution in [0.3, 0.4) is 0 Å². The van der Waals surface area contributed by atoms with Crippen molar-refractivity contribution < 1.29 is 24.4 Å². The highest BCUT2D eigenvalue weighted by atomic mass is 16.6. The van der Waals surface area contributed by atoms with Gasteiger partial charge < -0.3 is 19.6 Å². The van der Waals surface area contributed by atoms with E-state index in [9.17, 15) is 24.8 Å². The Bertz CT molecular complexity index is 1400. The van der Waals surface area contributed by atoms with E-state index in [1.807, 2.05) is 50.2 Å². The first-order valence-electron chi connectivity index (χ1n) is 12.1. The predicted molar refractivity (Wildman–Crippen MR) is 143 cm³/mol. The van der Waals surface area contributed by atoms with Crippen LogP contribution in [-0.4, -0.2) is 58.7 Å². The molecular weight excluding hydrogens is 486 g/mol. The molecule has 0 bridgehead atoms. The Morgan fingerprint density at radius 1 is 1.05 bits per heavy atom. The van der Waals surface area contributed by atoms with Crippen molar-refractivity contribution in [3.8, 4) is 5.75 Å². The normalized spacial score (nSPS) is 16.7. The lowest BCUT2D eigenvalue weighted by atomic mass is 9.95. The SMILES string of the molecule is Cc1ccccc1COc1ccc(/C(O)=C2\C(=O)C(=O)N(CCN(C)C)C2c2cccc([N+](=O)[O-])c2)cc1. The van der Waals surface area contributed by atoms with E-state index in [0.29, 0.717) is 30.0 Å². The van der Waals surface area contributed by atoms with Crippen molar-refractivity contribution in [2.24, 2.45) is 0 Å². The van der Waals surface area contributed by atoms with Gasteiger partial charge in [0, 0.05) is 30.8 Å². The van der Waals surface area contributed by atoms with Gasteiger partial charge in [0.1, 0.15) is 18.1 Å². The van der Waals surface area contributed by atoms with Gasteiger partial charge in [-0.1, -0.05) is 36.4 Å². The molecule has 1 N–H and O–H groups in total. The van der Waals surface area contributed by atoms with Gasteiger partial charge in [-0.25, -0.2) is 0 Å². The zero-order chi connectivity index (χ0) is 27.4. The van der Waals surface area contributed by atoms with Crippen LogP contribution in [0.5, 0.6) is 5.75 Å². The summed E-state index contributed by atoms with van der Waals surface area (Å²) in [7, 11) is 3.67. The Morgan fingerprint density at radius 2 is 1.76 bits per heavy atom. The summed E-state index contributed by atoms with van der Waals surface area (Å²) in [4.78, 5) is 40.3. The number of benzene rings is 3. The number of amides is 1. The van der Waals surface area contributed by atoms with E-state index in [4.69, 9.17) is 4.74 Å². The van der Waals surface area contributed by atoms with E-state index in [0.717, 1.165) is 11.1 Å². The number of aryl methyl sites for hydroxylation is 1. The van der Waals surface area contributed by atoms with E-state index >= 15 is 0 Å². The van der Waals surface area contributed by atoms with Crippen LogP contribution < -0.4 is 4.74 Å². The maximum Gasteiger partial charge on any atom is 0.295 e. The van der Waals surface area contributed by atoms with E-state index in [1.54, 1.807) is 30.3 Å². The maximum absolute atomic E-state index is 13.2. The Kier molecular flexibility index (Phi) is 7.87. The van der Waals surface area contributed by atoms with E-state index in [2.05, 4.69) is 0 Å². The van der Waals surface area contributed by atoms with Crippen molar-refractivity contribution in [3.63, 3.8) is 0 Å². The molecule has 0 radical (unpaired) electrons. The van der Waals surface area contributed by atoms with Crippen molar-refractivity contribution in [2.75, 3.05) is 27.2 Å². The third kappa shape index (κ3) is 5.57. The number of ether oxygens (including phenoxy) is 1. The summed E-state index contributed by atoms with van der Waals surface area (Å²) in [5.74, 6) is -1.37. The number of likely N-dealkylation sites (tertiary alicyclic amines) is 1. The Labute approximate surface area is 220 Å². The first kappa shape index (κ1) is 26.6. The number of non-ortho nitro benzene ring substituents is 1. The van der Waals surface area contributed by atoms with Gasteiger partial charge in [0.05, 0.1) is 16.5 Å². The van der Waals surface area contributed by atoms with Crippen LogP contribution in [0, 0.1) is 17.0 Å². The number of nitro benzene ring substituents is 1. The summed E-state index contributed by atoms with van der Waals surface area (Å²) in [6.07, 6.45) is 0. The lowest BCUT2D eigenvalue weighted by Gasteiger charge is -2.26. The van der Waals surface area contributed by atoms with Crippen LogP contribution in [0.2, 0.25) is 0 Å². The van der Waals surface area contributed by atoms with Crippen molar-refractivity contribution >= 4 is 23.1 Å². The molecule has 3 aromatic rings. The molecule has 0 spiro atoms. The predicted octanol–water partition coefficient (Wildman–Crippen LogP) is 4.47. The van der Waals surface area contributed by atoms with Crippen molar-refractivity contribution in [1.29, 1.82) is 0 Å². The molecule has 38 heavy (non-hydrogen) atoms. The molecule has 196 valence electrons. The smallest absolute Gasteiger partial charge is 0.295 e. The fraction of sp³-hybridized carbons (Fsp3) is 0.241. The van der Waals surface area contributed by atoms with E-state index in [-0.39, 0.29) is 23.6 Å². The van der Waals surface area contributed by atoms with E-state index < -0.39 is 22.7 Å². The number of nitro groups is 1. The first-order chi connectivity index (χ1) is 18.2. The largest absolute Gasteiger partial charge is 0.507 e. The zero-order valence-electron chi connectivity index (χ0n) is 21.5. The Hall–Kier alpha value is -4.50. The molecule has 1 unspecified atom stereocenters. The third-order valence-corrected chi connectivity index (χ3v) is 6.51. The van der Waals surface area contributed by atoms with Gasteiger partial charge in [-0.3, -0.25) is 19.7 Å². The number of aliphatic hydroxyl groups is 1. The highest BCUT2D eigenvalue weighted by Gasteiger charge is 2.46. The van der Waals surface area contributed by atoms with Crippen LogP contribution in [0.1, 0.15) is 28.3 Å². The molecule has 1 saturated heterocycles. The van der Waals surface area contributed by atoms with E-state index in [1.165, 1.54) is 23.1 Å². The number of rotatable bonds is 9. The Morgan fingerprint density at radius 3 is 2.42 bits per heavy atom. The number of hydrogen-bond donors (Lipinski definition) is 1. The van der Waals surface area contributed by atoms with Gasteiger partial charge >= 0.3 is 0 Å². The third-order valence-electron chi connectivity index (χ3n) is 6.51. The molecule has 1 aliphatic rings. The first-order valence-corrected chi connectivity index (χ1v) is 12.1. The lowest BCUT2D eigenvalue weighted by molar-refractivity contribution is -0.384. The highest BCUT2D eigenvalue weighted by molar-refractivity contribution is 6.46. The van der Waals surface area contributed by atoms with Gasteiger partial charge in [0.25, 0.3) is 17.4 Å². The number of carbonyl (C=O) groups excluding carboxylic acids is 2. The fourth-order valence-electron chi connectivity index (χ4n) is 4.37. The molecule has 1 fully saturated rings. The maximum atomic E-state index is 13.2. The number of carbonyl (C=O) groups is 2. The highest BCUT2D eigenvalue weighted by Crippen LogP contribution is 2.40. The van der Waals surface area contributed by atoms with Crippen LogP contribution in [0.15, 0.2) is 78.4 Å². The Balaban J connectivity index is 1.68. The summed E-state index contributed by atoms with van der Waals surface area (Å²) in [5, 5.41) is 22.6. The molecule has 0 aromatic heterocycles. The minimum atomic E-state index is -0.966. The summed E-state index contributed by atoms with van der Waals surface area (Å²) in [6, 6.07) is 19.3. The summed E-state index contributed by atoms with van der Waals surface area (Å²) < 4.78 is 5.87. The molecular formula is C29H29N3O6. The van der Waals surface area contributed by atoms with Gasteiger partial charge in [0.15, 0.2) is 0 Å². The molecule has 1 amide bonds. The molecule has 1 heterocycles. The second-order valence-electron chi connectivity index (χ2n) is 9.39. The molecule has 1 atom stereocenters. The minimum absolute atomic E-state index is 0.108. The second kappa shape index (κ2) is 11.3. The fourth-order valence-corrected chi connectivity index (χ4v) is 4.37. The molecule has 1 aliphatic heterocycles. The van der Waals surface area contributed by atoms with Gasteiger partial charge in [-0.2, -0.15) is 0 Å². The molecule has 0 saturated carbocycles. The minimum Gasteiger partial charge on any atom is -0.507 e. The molecule has 3 aromatic carbocycles.